The van der Waals surface area contributed by atoms with Crippen LogP contribution >= 0.6 is 34.8 Å². The van der Waals surface area contributed by atoms with E-state index in [1.807, 2.05) is 6.92 Å². The van der Waals surface area contributed by atoms with Crippen LogP contribution in [0.1, 0.15) is 18.1 Å². The molecule has 0 unspecified atom stereocenters. The Kier molecular flexibility index (Phi) is 5.74. The van der Waals surface area contributed by atoms with Crippen molar-refractivity contribution in [1.29, 1.82) is 5.26 Å². The van der Waals surface area contributed by atoms with Crippen LogP contribution in [0.5, 0.6) is 5.75 Å². The lowest BCUT2D eigenvalue weighted by molar-refractivity contribution is 0.340. The lowest BCUT2D eigenvalue weighted by atomic mass is 10.0. The van der Waals surface area contributed by atoms with E-state index in [1.165, 1.54) is 0 Å². The van der Waals surface area contributed by atoms with Crippen LogP contribution in [0, 0.1) is 11.3 Å². The molecule has 0 radical (unpaired) electrons. The maximum Gasteiger partial charge on any atom is 0.156 e. The van der Waals surface area contributed by atoms with Crippen LogP contribution in [0.2, 0.25) is 15.1 Å². The van der Waals surface area contributed by atoms with E-state index in [9.17, 15) is 5.26 Å². The molecule has 0 fully saturated rings. The van der Waals surface area contributed by atoms with Crippen molar-refractivity contribution in [3.05, 3.63) is 62.6 Å². The number of hydrogen-bond acceptors (Lipinski definition) is 2. The molecule has 2 aromatic rings. The van der Waals surface area contributed by atoms with Gasteiger partial charge in [-0.3, -0.25) is 0 Å². The van der Waals surface area contributed by atoms with Gasteiger partial charge in [-0.1, -0.05) is 46.9 Å². The lowest BCUT2D eigenvalue weighted by Gasteiger charge is -2.09. The van der Waals surface area contributed by atoms with Crippen LogP contribution in [-0.4, -0.2) is 6.61 Å². The molecule has 0 spiro atoms. The first-order chi connectivity index (χ1) is 10.5. The summed E-state index contributed by atoms with van der Waals surface area (Å²) in [5.74, 6) is 0.452. The number of nitriles is 1. The van der Waals surface area contributed by atoms with Crippen LogP contribution in [0.3, 0.4) is 0 Å². The van der Waals surface area contributed by atoms with Crippen molar-refractivity contribution in [3.8, 4) is 11.8 Å². The summed E-state index contributed by atoms with van der Waals surface area (Å²) in [5, 5.41) is 10.8. The molecule has 5 heteroatoms. The zero-order valence-electron chi connectivity index (χ0n) is 11.7. The van der Waals surface area contributed by atoms with Crippen molar-refractivity contribution in [3.63, 3.8) is 0 Å². The van der Waals surface area contributed by atoms with Crippen LogP contribution in [-0.2, 0) is 0 Å². The summed E-state index contributed by atoms with van der Waals surface area (Å²) in [4.78, 5) is 0. The fraction of sp³-hybridized carbons (Fsp3) is 0.118. The second kappa shape index (κ2) is 7.56. The van der Waals surface area contributed by atoms with E-state index in [4.69, 9.17) is 39.5 Å². The second-order valence-electron chi connectivity index (χ2n) is 4.42. The highest BCUT2D eigenvalue weighted by atomic mass is 35.5. The van der Waals surface area contributed by atoms with Crippen molar-refractivity contribution >= 4 is 46.5 Å². The highest BCUT2D eigenvalue weighted by Crippen LogP contribution is 2.35. The standard InChI is InChI=1S/C17H12Cl3NO/c1-2-22-17-15(19)8-11(9-16(17)20)7-13(10-21)12-3-5-14(18)6-4-12/h3-9H,2H2,1H3/b13-7+. The van der Waals surface area contributed by atoms with Gasteiger partial charge >= 0.3 is 0 Å². The molecule has 0 aliphatic rings. The maximum absolute atomic E-state index is 9.35. The molecule has 0 N–H and O–H groups in total. The smallest absolute Gasteiger partial charge is 0.156 e. The Labute approximate surface area is 144 Å². The van der Waals surface area contributed by atoms with Crippen molar-refractivity contribution in [2.24, 2.45) is 0 Å². The summed E-state index contributed by atoms with van der Waals surface area (Å²) in [5.41, 5.74) is 1.99. The third-order valence-electron chi connectivity index (χ3n) is 2.90. The molecule has 0 amide bonds. The molecule has 0 aliphatic carbocycles. The minimum atomic E-state index is 0.411. The first-order valence-corrected chi connectivity index (χ1v) is 7.68. The van der Waals surface area contributed by atoms with Crippen LogP contribution in [0.4, 0.5) is 0 Å². The number of ether oxygens (including phenoxy) is 1. The normalized spacial score (nSPS) is 11.1. The molecule has 2 nitrogen and oxygen atoms in total. The van der Waals surface area contributed by atoms with Crippen molar-refractivity contribution in [1.82, 2.24) is 0 Å². The first-order valence-electron chi connectivity index (χ1n) is 6.54. The van der Waals surface area contributed by atoms with Gasteiger partial charge in [0, 0.05) is 5.02 Å². The molecule has 2 aromatic carbocycles. The molecule has 0 bridgehead atoms. The summed E-state index contributed by atoms with van der Waals surface area (Å²) in [6.45, 7) is 2.33. The molecule has 112 valence electrons. The third-order valence-corrected chi connectivity index (χ3v) is 3.71. The van der Waals surface area contributed by atoms with Crippen molar-refractivity contribution < 1.29 is 4.74 Å². The zero-order valence-corrected chi connectivity index (χ0v) is 14.0. The number of allylic oxidation sites excluding steroid dienone is 1. The summed E-state index contributed by atoms with van der Waals surface area (Å²) >= 11 is 18.2. The van der Waals surface area contributed by atoms with Gasteiger partial charge in [-0.2, -0.15) is 5.26 Å². The molecule has 0 aliphatic heterocycles. The summed E-state index contributed by atoms with van der Waals surface area (Å²) in [6.07, 6.45) is 1.72. The van der Waals surface area contributed by atoms with Gasteiger partial charge in [-0.05, 0) is 48.4 Å². The summed E-state index contributed by atoms with van der Waals surface area (Å²) < 4.78 is 5.39. The Morgan fingerprint density at radius 3 is 2.23 bits per heavy atom. The molecule has 0 aromatic heterocycles. The van der Waals surface area contributed by atoms with Gasteiger partial charge in [0.15, 0.2) is 5.75 Å². The topological polar surface area (TPSA) is 33.0 Å². The van der Waals surface area contributed by atoms with Gasteiger partial charge < -0.3 is 4.74 Å². The van der Waals surface area contributed by atoms with Gasteiger partial charge in [0.1, 0.15) is 0 Å². The molecule has 22 heavy (non-hydrogen) atoms. The summed E-state index contributed by atoms with van der Waals surface area (Å²) in [7, 11) is 0. The predicted molar refractivity (Wildman–Crippen MR) is 92.6 cm³/mol. The second-order valence-corrected chi connectivity index (χ2v) is 5.67. The van der Waals surface area contributed by atoms with Crippen molar-refractivity contribution in [2.75, 3.05) is 6.61 Å². The average Bonchev–Trinajstić information content (AvgIpc) is 2.49. The van der Waals surface area contributed by atoms with Crippen LogP contribution < -0.4 is 4.74 Å². The highest BCUT2D eigenvalue weighted by molar-refractivity contribution is 6.37. The molecular weight excluding hydrogens is 341 g/mol. The lowest BCUT2D eigenvalue weighted by Crippen LogP contribution is -1.93. The van der Waals surface area contributed by atoms with E-state index in [0.29, 0.717) is 33.0 Å². The van der Waals surface area contributed by atoms with E-state index in [2.05, 4.69) is 6.07 Å². The van der Waals surface area contributed by atoms with Crippen LogP contribution in [0.25, 0.3) is 11.6 Å². The Morgan fingerprint density at radius 1 is 1.14 bits per heavy atom. The Bertz CT molecular complexity index is 722. The SMILES string of the molecule is CCOc1c(Cl)cc(/C=C(\C#N)c2ccc(Cl)cc2)cc1Cl. The zero-order chi connectivity index (χ0) is 16.1. The monoisotopic (exact) mass is 351 g/mol. The molecule has 0 atom stereocenters. The number of hydrogen-bond donors (Lipinski definition) is 0. The molecule has 0 heterocycles. The Hall–Kier alpha value is -1.66. The number of nitrogens with zero attached hydrogens (tertiary/aromatic N) is 1. The van der Waals surface area contributed by atoms with Gasteiger partial charge in [0.05, 0.1) is 28.3 Å². The van der Waals surface area contributed by atoms with Gasteiger partial charge in [0.2, 0.25) is 0 Å². The number of halogens is 3. The minimum absolute atomic E-state index is 0.411. The summed E-state index contributed by atoms with van der Waals surface area (Å²) in [6, 6.07) is 12.6. The first kappa shape index (κ1) is 16.7. The Morgan fingerprint density at radius 2 is 1.73 bits per heavy atom. The van der Waals surface area contributed by atoms with Gasteiger partial charge in [0.25, 0.3) is 0 Å². The molecule has 0 saturated heterocycles. The highest BCUT2D eigenvalue weighted by Gasteiger charge is 2.09. The molecular formula is C17H12Cl3NO. The number of benzene rings is 2. The fourth-order valence-electron chi connectivity index (χ4n) is 1.92. The van der Waals surface area contributed by atoms with E-state index in [-0.39, 0.29) is 0 Å². The van der Waals surface area contributed by atoms with Gasteiger partial charge in [-0.15, -0.1) is 0 Å². The van der Waals surface area contributed by atoms with Gasteiger partial charge in [-0.25, -0.2) is 0 Å². The average molecular weight is 353 g/mol. The van der Waals surface area contributed by atoms with E-state index in [1.54, 1.807) is 42.5 Å². The maximum atomic E-state index is 9.35. The number of rotatable bonds is 4. The van der Waals surface area contributed by atoms with E-state index < -0.39 is 0 Å². The third kappa shape index (κ3) is 3.96. The molecule has 2 rings (SSSR count). The quantitative estimate of drug-likeness (QED) is 0.491. The van der Waals surface area contributed by atoms with E-state index in [0.717, 1.165) is 11.1 Å². The Balaban J connectivity index is 2.42. The van der Waals surface area contributed by atoms with Crippen LogP contribution in [0.15, 0.2) is 36.4 Å². The largest absolute Gasteiger partial charge is 0.491 e. The molecule has 0 saturated carbocycles. The predicted octanol–water partition coefficient (Wildman–Crippen LogP) is 6.11. The van der Waals surface area contributed by atoms with Crippen molar-refractivity contribution in [2.45, 2.75) is 6.92 Å². The van der Waals surface area contributed by atoms with E-state index >= 15 is 0 Å². The fourth-order valence-corrected chi connectivity index (χ4v) is 2.66. The minimum Gasteiger partial charge on any atom is -0.491 e.